The molecule has 0 spiro atoms. The lowest BCUT2D eigenvalue weighted by Gasteiger charge is -2.17. The lowest BCUT2D eigenvalue weighted by Crippen LogP contribution is -2.49. The zero-order chi connectivity index (χ0) is 16.7. The van der Waals surface area contributed by atoms with E-state index in [1.54, 1.807) is 12.1 Å². The van der Waals surface area contributed by atoms with Crippen LogP contribution in [0.25, 0.3) is 0 Å². The Kier molecular flexibility index (Phi) is 6.33. The highest BCUT2D eigenvalue weighted by atomic mass is 16.4. The second-order valence-electron chi connectivity index (χ2n) is 4.81. The Morgan fingerprint density at radius 2 is 1.73 bits per heavy atom. The van der Waals surface area contributed by atoms with E-state index >= 15 is 0 Å². The number of aromatic hydroxyl groups is 1. The Labute approximate surface area is 126 Å². The fraction of sp³-hybridized carbons (Fsp3) is 0.357. The average molecular weight is 310 g/mol. The maximum atomic E-state index is 11.9. The van der Waals surface area contributed by atoms with Crippen LogP contribution in [-0.2, 0) is 20.8 Å². The van der Waals surface area contributed by atoms with Gasteiger partial charge in [0.2, 0.25) is 5.91 Å². The van der Waals surface area contributed by atoms with Gasteiger partial charge in [-0.3, -0.25) is 9.59 Å². The molecule has 6 N–H and O–H groups in total. The number of nitrogens with two attached hydrogens (primary N) is 1. The number of amides is 1. The lowest BCUT2D eigenvalue weighted by atomic mass is 10.0. The first-order chi connectivity index (χ1) is 10.3. The normalized spacial score (nSPS) is 13.1. The number of phenolic OH excluding ortho intramolecular Hbond substituents is 1. The van der Waals surface area contributed by atoms with Gasteiger partial charge in [0.25, 0.3) is 0 Å². The van der Waals surface area contributed by atoms with Gasteiger partial charge in [0.1, 0.15) is 11.8 Å². The minimum Gasteiger partial charge on any atom is -0.508 e. The molecule has 1 aromatic rings. The second-order valence-corrected chi connectivity index (χ2v) is 4.81. The number of carbonyl (C=O) groups excluding carboxylic acids is 1. The van der Waals surface area contributed by atoms with E-state index in [0.29, 0.717) is 5.56 Å². The number of phenols is 1. The van der Waals surface area contributed by atoms with Crippen LogP contribution in [0.1, 0.15) is 18.4 Å². The summed E-state index contributed by atoms with van der Waals surface area (Å²) >= 11 is 0. The number of carboxylic acids is 2. The molecular formula is C14H18N2O6. The second kappa shape index (κ2) is 7.99. The van der Waals surface area contributed by atoms with Gasteiger partial charge < -0.3 is 26.4 Å². The van der Waals surface area contributed by atoms with Crippen LogP contribution in [0.15, 0.2) is 24.3 Å². The topological polar surface area (TPSA) is 150 Å². The third-order valence-electron chi connectivity index (χ3n) is 2.99. The first-order valence-corrected chi connectivity index (χ1v) is 6.58. The molecule has 1 aromatic carbocycles. The fourth-order valence-electron chi connectivity index (χ4n) is 1.78. The van der Waals surface area contributed by atoms with Crippen molar-refractivity contribution in [1.82, 2.24) is 5.32 Å². The number of hydrogen-bond acceptors (Lipinski definition) is 5. The molecule has 120 valence electrons. The molecular weight excluding hydrogens is 292 g/mol. The molecule has 0 aliphatic carbocycles. The van der Waals surface area contributed by atoms with Crippen molar-refractivity contribution in [3.05, 3.63) is 29.8 Å². The molecule has 0 radical (unpaired) electrons. The molecule has 0 saturated carbocycles. The van der Waals surface area contributed by atoms with E-state index in [2.05, 4.69) is 5.32 Å². The van der Waals surface area contributed by atoms with E-state index in [4.69, 9.17) is 21.1 Å². The number of hydrogen-bond donors (Lipinski definition) is 5. The summed E-state index contributed by atoms with van der Waals surface area (Å²) in [7, 11) is 0. The number of aliphatic carboxylic acids is 2. The Morgan fingerprint density at radius 1 is 1.14 bits per heavy atom. The standard InChI is InChI=1S/C14H18N2O6/c15-10(7-8-1-3-9(17)4-2-8)13(20)16-11(14(21)22)5-6-12(18)19/h1-4,10-11,17H,5-7,15H2,(H,16,20)(H,18,19)(H,21,22)/t10-,11-/m0/s1. The molecule has 2 atom stereocenters. The van der Waals surface area contributed by atoms with E-state index in [1.165, 1.54) is 12.1 Å². The summed E-state index contributed by atoms with van der Waals surface area (Å²) in [6, 6.07) is 3.83. The minimum atomic E-state index is -1.31. The third-order valence-corrected chi connectivity index (χ3v) is 2.99. The van der Waals surface area contributed by atoms with Crippen molar-refractivity contribution in [1.29, 1.82) is 0 Å². The van der Waals surface area contributed by atoms with Crippen LogP contribution < -0.4 is 11.1 Å². The van der Waals surface area contributed by atoms with E-state index < -0.39 is 29.9 Å². The Morgan fingerprint density at radius 3 is 2.23 bits per heavy atom. The van der Waals surface area contributed by atoms with Crippen molar-refractivity contribution in [3.63, 3.8) is 0 Å². The van der Waals surface area contributed by atoms with Crippen LogP contribution in [0.3, 0.4) is 0 Å². The van der Waals surface area contributed by atoms with Gasteiger partial charge >= 0.3 is 11.9 Å². The largest absolute Gasteiger partial charge is 0.508 e. The summed E-state index contributed by atoms with van der Waals surface area (Å²) < 4.78 is 0. The first kappa shape index (κ1) is 17.4. The first-order valence-electron chi connectivity index (χ1n) is 6.58. The molecule has 1 amide bonds. The van der Waals surface area contributed by atoms with Gasteiger partial charge in [-0.1, -0.05) is 12.1 Å². The van der Waals surface area contributed by atoms with Crippen molar-refractivity contribution < 1.29 is 29.7 Å². The monoisotopic (exact) mass is 310 g/mol. The van der Waals surface area contributed by atoms with Gasteiger partial charge in [0.05, 0.1) is 6.04 Å². The number of nitrogens with one attached hydrogen (secondary N) is 1. The molecule has 1 rings (SSSR count). The summed E-state index contributed by atoms with van der Waals surface area (Å²) in [4.78, 5) is 33.3. The van der Waals surface area contributed by atoms with E-state index in [-0.39, 0.29) is 25.0 Å². The van der Waals surface area contributed by atoms with E-state index in [9.17, 15) is 14.4 Å². The van der Waals surface area contributed by atoms with E-state index in [0.717, 1.165) is 0 Å². The van der Waals surface area contributed by atoms with Gasteiger partial charge in [0, 0.05) is 6.42 Å². The molecule has 0 aliphatic rings. The van der Waals surface area contributed by atoms with Crippen molar-refractivity contribution in [2.24, 2.45) is 5.73 Å². The van der Waals surface area contributed by atoms with Crippen LogP contribution in [0, 0.1) is 0 Å². The summed E-state index contributed by atoms with van der Waals surface area (Å²) in [6.07, 6.45) is -0.426. The Balaban J connectivity index is 2.58. The predicted octanol–water partition coefficient (Wildman–Crippen LogP) is -0.304. The molecule has 0 aromatic heterocycles. The fourth-order valence-corrected chi connectivity index (χ4v) is 1.78. The number of carbonyl (C=O) groups is 3. The van der Waals surface area contributed by atoms with Crippen LogP contribution in [0.4, 0.5) is 0 Å². The highest BCUT2D eigenvalue weighted by Gasteiger charge is 2.24. The zero-order valence-corrected chi connectivity index (χ0v) is 11.7. The van der Waals surface area contributed by atoms with Gasteiger partial charge in [-0.2, -0.15) is 0 Å². The molecule has 0 aliphatic heterocycles. The van der Waals surface area contributed by atoms with E-state index in [1.807, 2.05) is 0 Å². The lowest BCUT2D eigenvalue weighted by molar-refractivity contribution is -0.143. The van der Waals surface area contributed by atoms with Gasteiger partial charge in [-0.15, -0.1) is 0 Å². The molecule has 22 heavy (non-hydrogen) atoms. The SMILES string of the molecule is N[C@@H](Cc1ccc(O)cc1)C(=O)N[C@@H](CCC(=O)O)C(=O)O. The van der Waals surface area contributed by atoms with Crippen molar-refractivity contribution in [2.75, 3.05) is 0 Å². The average Bonchev–Trinajstić information content (AvgIpc) is 2.44. The third kappa shape index (κ3) is 5.80. The minimum absolute atomic E-state index is 0.0846. The van der Waals surface area contributed by atoms with Crippen molar-refractivity contribution in [2.45, 2.75) is 31.3 Å². The number of benzene rings is 1. The smallest absolute Gasteiger partial charge is 0.326 e. The molecule has 0 bridgehead atoms. The Hall–Kier alpha value is -2.61. The van der Waals surface area contributed by atoms with Gasteiger partial charge in [0.15, 0.2) is 0 Å². The quantitative estimate of drug-likeness (QED) is 0.442. The highest BCUT2D eigenvalue weighted by molar-refractivity contribution is 5.87. The van der Waals surface area contributed by atoms with Crippen LogP contribution in [0.5, 0.6) is 5.75 Å². The van der Waals surface area contributed by atoms with Crippen LogP contribution >= 0.6 is 0 Å². The zero-order valence-electron chi connectivity index (χ0n) is 11.7. The van der Waals surface area contributed by atoms with Gasteiger partial charge in [-0.25, -0.2) is 4.79 Å². The molecule has 8 nitrogen and oxygen atoms in total. The maximum absolute atomic E-state index is 11.9. The summed E-state index contributed by atoms with van der Waals surface area (Å²) in [6.45, 7) is 0. The number of carboxylic acid groups (broad SMARTS) is 2. The summed E-state index contributed by atoms with van der Waals surface area (Å²) in [5.74, 6) is -3.05. The maximum Gasteiger partial charge on any atom is 0.326 e. The van der Waals surface area contributed by atoms with Crippen molar-refractivity contribution in [3.8, 4) is 5.75 Å². The summed E-state index contributed by atoms with van der Waals surface area (Å²) in [5, 5.41) is 28.9. The molecule has 0 fully saturated rings. The van der Waals surface area contributed by atoms with Crippen LogP contribution in [-0.4, -0.2) is 45.2 Å². The van der Waals surface area contributed by atoms with Crippen molar-refractivity contribution >= 4 is 17.8 Å². The van der Waals surface area contributed by atoms with Gasteiger partial charge in [-0.05, 0) is 30.5 Å². The predicted molar refractivity (Wildman–Crippen MR) is 76.2 cm³/mol. The highest BCUT2D eigenvalue weighted by Crippen LogP contribution is 2.11. The van der Waals surface area contributed by atoms with Crippen LogP contribution in [0.2, 0.25) is 0 Å². The number of rotatable bonds is 8. The molecule has 8 heteroatoms. The molecule has 0 saturated heterocycles. The molecule has 0 unspecified atom stereocenters. The summed E-state index contributed by atoms with van der Waals surface area (Å²) in [5.41, 5.74) is 6.41. The Bertz CT molecular complexity index is 543. The molecule has 0 heterocycles.